The number of rotatable bonds is 6. The summed E-state index contributed by atoms with van der Waals surface area (Å²) >= 11 is 0. The van der Waals surface area contributed by atoms with Gasteiger partial charge < -0.3 is 9.47 Å². The van der Waals surface area contributed by atoms with Crippen molar-refractivity contribution in [2.75, 3.05) is 4.90 Å². The lowest BCUT2D eigenvalue weighted by Gasteiger charge is -2.29. The largest absolute Gasteiger partial charge is 0.310 e. The predicted octanol–water partition coefficient (Wildman–Crippen LogP) is 16.2. The first-order chi connectivity index (χ1) is 30.0. The van der Waals surface area contributed by atoms with Crippen LogP contribution in [0.2, 0.25) is 0 Å². The van der Waals surface area contributed by atoms with Gasteiger partial charge in [-0.1, -0.05) is 172 Å². The topological polar surface area (TPSA) is 8.17 Å². The van der Waals surface area contributed by atoms with E-state index in [-0.39, 0.29) is 5.41 Å². The molecule has 0 bridgehead atoms. The zero-order valence-corrected chi connectivity index (χ0v) is 34.2. The van der Waals surface area contributed by atoms with Crippen molar-refractivity contribution in [2.24, 2.45) is 0 Å². The summed E-state index contributed by atoms with van der Waals surface area (Å²) < 4.78 is 2.37. The lowest BCUT2D eigenvalue weighted by Crippen LogP contribution is -2.16. The molecular weight excluding hydrogens is 737 g/mol. The molecule has 288 valence electrons. The van der Waals surface area contributed by atoms with Crippen LogP contribution < -0.4 is 4.90 Å². The molecule has 1 aliphatic rings. The van der Waals surface area contributed by atoms with Crippen LogP contribution >= 0.6 is 0 Å². The molecule has 10 aromatic carbocycles. The fourth-order valence-electron chi connectivity index (χ4n) is 10.1. The van der Waals surface area contributed by atoms with E-state index in [1.165, 1.54) is 99.2 Å². The minimum atomic E-state index is -0.109. The van der Waals surface area contributed by atoms with Crippen molar-refractivity contribution in [3.63, 3.8) is 0 Å². The van der Waals surface area contributed by atoms with E-state index in [2.05, 4.69) is 242 Å². The molecule has 1 heterocycles. The molecule has 0 amide bonds. The van der Waals surface area contributed by atoms with Crippen LogP contribution in [0.5, 0.6) is 0 Å². The van der Waals surface area contributed by atoms with E-state index in [1.54, 1.807) is 0 Å². The summed E-state index contributed by atoms with van der Waals surface area (Å²) in [5.41, 5.74) is 17.1. The average molecular weight is 779 g/mol. The summed E-state index contributed by atoms with van der Waals surface area (Å²) in [4.78, 5) is 2.46. The molecule has 61 heavy (non-hydrogen) atoms. The van der Waals surface area contributed by atoms with Crippen molar-refractivity contribution in [3.8, 4) is 39.1 Å². The Balaban J connectivity index is 0.935. The van der Waals surface area contributed by atoms with Crippen LogP contribution in [-0.2, 0) is 5.41 Å². The first-order valence-electron chi connectivity index (χ1n) is 21.3. The molecule has 1 aliphatic carbocycles. The Labute approximate surface area is 356 Å². The molecule has 0 aliphatic heterocycles. The summed E-state index contributed by atoms with van der Waals surface area (Å²) in [5.74, 6) is 0. The maximum atomic E-state index is 2.46. The third-order valence-electron chi connectivity index (χ3n) is 13.2. The van der Waals surface area contributed by atoms with Crippen LogP contribution in [0, 0.1) is 0 Å². The number of fused-ring (bicyclic) bond motifs is 9. The van der Waals surface area contributed by atoms with Crippen LogP contribution in [0.3, 0.4) is 0 Å². The molecule has 0 saturated heterocycles. The van der Waals surface area contributed by atoms with E-state index in [9.17, 15) is 0 Å². The van der Waals surface area contributed by atoms with Gasteiger partial charge in [0.2, 0.25) is 0 Å². The van der Waals surface area contributed by atoms with Gasteiger partial charge in [0.25, 0.3) is 0 Å². The molecule has 2 heteroatoms. The molecule has 0 fully saturated rings. The van der Waals surface area contributed by atoms with Crippen molar-refractivity contribution in [3.05, 3.63) is 230 Å². The van der Waals surface area contributed by atoms with Crippen LogP contribution in [0.15, 0.2) is 218 Å². The number of nitrogens with zero attached hydrogens (tertiary/aromatic N) is 2. The third-order valence-corrected chi connectivity index (χ3v) is 13.2. The van der Waals surface area contributed by atoms with E-state index >= 15 is 0 Å². The Hall–Kier alpha value is -7.68. The lowest BCUT2D eigenvalue weighted by atomic mass is 9.82. The van der Waals surface area contributed by atoms with E-state index in [4.69, 9.17) is 0 Å². The molecule has 2 nitrogen and oxygen atoms in total. The fraction of sp³-hybridized carbons (Fsp3) is 0.0508. The van der Waals surface area contributed by atoms with Gasteiger partial charge in [-0.05, 0) is 121 Å². The molecule has 0 saturated carbocycles. The summed E-state index contributed by atoms with van der Waals surface area (Å²) in [5, 5.41) is 7.51. The second kappa shape index (κ2) is 13.7. The van der Waals surface area contributed by atoms with Gasteiger partial charge in [-0.25, -0.2) is 0 Å². The van der Waals surface area contributed by atoms with Gasteiger partial charge in [0.05, 0.1) is 16.7 Å². The molecular formula is C59H42N2. The van der Waals surface area contributed by atoms with Crippen LogP contribution in [0.4, 0.5) is 17.1 Å². The highest BCUT2D eigenvalue weighted by Crippen LogP contribution is 2.51. The highest BCUT2D eigenvalue weighted by atomic mass is 15.1. The molecule has 11 aromatic rings. The molecule has 0 N–H and O–H groups in total. The molecule has 0 radical (unpaired) electrons. The lowest BCUT2D eigenvalue weighted by molar-refractivity contribution is 0.660. The van der Waals surface area contributed by atoms with E-state index in [0.717, 1.165) is 11.4 Å². The Morgan fingerprint density at radius 3 is 1.70 bits per heavy atom. The SMILES string of the molecule is CC1(C)c2ccccc2-c2ccc(N(c3ccc(-c4ccc(-c5ccc6c(c5)c5ccccc5n6-c5ccccc5)cc4)cc3)c3cc4ccccc4c4ccccc34)cc21. The standard InChI is InChI=1S/C59H42N2/c1-59(2)54-22-12-10-19-49(54)50-34-33-46(38-55(50)59)60(58-37-43-14-6-7-17-47(43)48-18-8-9-20-51(48)58)45-31-28-40(29-32-45)39-24-26-41(27-25-39)42-30-35-57-53(36-42)52-21-11-13-23-56(52)61(57)44-15-4-3-5-16-44/h3-38H,1-2H3. The van der Waals surface area contributed by atoms with Crippen LogP contribution in [0.1, 0.15) is 25.0 Å². The van der Waals surface area contributed by atoms with Gasteiger partial charge in [0, 0.05) is 38.6 Å². The highest BCUT2D eigenvalue weighted by Gasteiger charge is 2.36. The van der Waals surface area contributed by atoms with Gasteiger partial charge in [-0.3, -0.25) is 0 Å². The van der Waals surface area contributed by atoms with Gasteiger partial charge in [-0.2, -0.15) is 0 Å². The number of benzene rings is 10. The second-order valence-electron chi connectivity index (χ2n) is 16.9. The highest BCUT2D eigenvalue weighted by molar-refractivity contribution is 6.15. The maximum Gasteiger partial charge on any atom is 0.0546 e. The molecule has 1 aromatic heterocycles. The molecule has 0 unspecified atom stereocenters. The van der Waals surface area contributed by atoms with Crippen LogP contribution in [-0.4, -0.2) is 4.57 Å². The Morgan fingerprint density at radius 1 is 0.361 bits per heavy atom. The number of para-hydroxylation sites is 2. The smallest absolute Gasteiger partial charge is 0.0546 e. The minimum absolute atomic E-state index is 0.109. The van der Waals surface area contributed by atoms with Gasteiger partial charge in [-0.15, -0.1) is 0 Å². The molecule has 0 atom stereocenters. The molecule has 0 spiro atoms. The van der Waals surface area contributed by atoms with Gasteiger partial charge >= 0.3 is 0 Å². The summed E-state index contributed by atoms with van der Waals surface area (Å²) in [7, 11) is 0. The zero-order valence-electron chi connectivity index (χ0n) is 34.2. The van der Waals surface area contributed by atoms with Crippen molar-refractivity contribution in [2.45, 2.75) is 19.3 Å². The number of hydrogen-bond donors (Lipinski definition) is 0. The monoisotopic (exact) mass is 778 g/mol. The van der Waals surface area contributed by atoms with E-state index < -0.39 is 0 Å². The van der Waals surface area contributed by atoms with Crippen LogP contribution in [0.25, 0.3) is 82.4 Å². The van der Waals surface area contributed by atoms with Crippen molar-refractivity contribution >= 4 is 60.4 Å². The quantitative estimate of drug-likeness (QED) is 0.153. The number of anilines is 3. The van der Waals surface area contributed by atoms with Crippen molar-refractivity contribution in [1.82, 2.24) is 4.57 Å². The summed E-state index contributed by atoms with van der Waals surface area (Å²) in [6, 6.07) is 80.4. The Bertz CT molecular complexity index is 3480. The average Bonchev–Trinajstić information content (AvgIpc) is 3.77. The Morgan fingerprint density at radius 2 is 0.918 bits per heavy atom. The normalized spacial score (nSPS) is 12.9. The first-order valence-corrected chi connectivity index (χ1v) is 21.3. The number of aromatic nitrogens is 1. The first kappa shape index (κ1) is 35.3. The number of hydrogen-bond acceptors (Lipinski definition) is 1. The third kappa shape index (κ3) is 5.56. The van der Waals surface area contributed by atoms with Crippen molar-refractivity contribution < 1.29 is 0 Å². The summed E-state index contributed by atoms with van der Waals surface area (Å²) in [6.07, 6.45) is 0. The fourth-order valence-corrected chi connectivity index (χ4v) is 10.1. The second-order valence-corrected chi connectivity index (χ2v) is 16.9. The summed E-state index contributed by atoms with van der Waals surface area (Å²) in [6.45, 7) is 4.72. The van der Waals surface area contributed by atoms with E-state index in [0.29, 0.717) is 0 Å². The van der Waals surface area contributed by atoms with Crippen molar-refractivity contribution in [1.29, 1.82) is 0 Å². The zero-order chi connectivity index (χ0) is 40.7. The minimum Gasteiger partial charge on any atom is -0.310 e. The predicted molar refractivity (Wildman–Crippen MR) is 259 cm³/mol. The maximum absolute atomic E-state index is 2.46. The molecule has 12 rings (SSSR count). The van der Waals surface area contributed by atoms with E-state index in [1.807, 2.05) is 0 Å². The Kier molecular flexibility index (Phi) is 7.92. The van der Waals surface area contributed by atoms with Gasteiger partial charge in [0.15, 0.2) is 0 Å². The van der Waals surface area contributed by atoms with Gasteiger partial charge in [0.1, 0.15) is 0 Å².